The molecule has 3 aromatic carbocycles. The molecule has 0 radical (unpaired) electrons. The summed E-state index contributed by atoms with van der Waals surface area (Å²) < 4.78 is 6.00. The normalized spacial score (nSPS) is 11.2. The predicted molar refractivity (Wildman–Crippen MR) is 126 cm³/mol. The maximum absolute atomic E-state index is 13.4. The highest BCUT2D eigenvalue weighted by Crippen LogP contribution is 2.34. The fourth-order valence-corrected chi connectivity index (χ4v) is 4.13. The van der Waals surface area contributed by atoms with Gasteiger partial charge in [-0.05, 0) is 48.6 Å². The van der Waals surface area contributed by atoms with Gasteiger partial charge in [0.05, 0.1) is 0 Å². The first-order valence-electron chi connectivity index (χ1n) is 10.9. The number of phenolic OH excluding ortho intramolecular Hbond substituents is 1. The smallest absolute Gasteiger partial charge is 0.222 e. The third-order valence-corrected chi connectivity index (χ3v) is 5.86. The molecule has 1 N–H and O–H groups in total. The molecule has 32 heavy (non-hydrogen) atoms. The molecule has 0 aliphatic rings. The van der Waals surface area contributed by atoms with Crippen LogP contribution in [0, 0.1) is 0 Å². The van der Waals surface area contributed by atoms with Crippen molar-refractivity contribution in [1.82, 2.24) is 4.90 Å². The minimum Gasteiger partial charge on any atom is -0.508 e. The van der Waals surface area contributed by atoms with E-state index in [1.54, 1.807) is 31.1 Å². The Morgan fingerprint density at radius 2 is 1.56 bits per heavy atom. The number of Topliss-reactive ketones (excluding diaryl/α,β-unsaturated/α-hetero) is 1. The Kier molecular flexibility index (Phi) is 6.26. The molecular formula is C27H27NO4. The van der Waals surface area contributed by atoms with Crippen LogP contribution in [0.25, 0.3) is 21.9 Å². The number of phenols is 1. The van der Waals surface area contributed by atoms with E-state index in [2.05, 4.69) is 0 Å². The van der Waals surface area contributed by atoms with Crippen LogP contribution >= 0.6 is 0 Å². The van der Waals surface area contributed by atoms with Crippen molar-refractivity contribution in [2.24, 2.45) is 0 Å². The molecule has 0 spiro atoms. The van der Waals surface area contributed by atoms with Crippen LogP contribution in [0.3, 0.4) is 0 Å². The van der Waals surface area contributed by atoms with Crippen LogP contribution in [0.15, 0.2) is 65.1 Å². The minimum absolute atomic E-state index is 0.0148. The number of hydrogen-bond donors (Lipinski definition) is 1. The summed E-state index contributed by atoms with van der Waals surface area (Å²) in [5, 5.41) is 11.9. The van der Waals surface area contributed by atoms with Crippen molar-refractivity contribution in [3.8, 4) is 5.75 Å². The number of carbonyl (C=O) groups excluding carboxylic acids is 2. The summed E-state index contributed by atoms with van der Waals surface area (Å²) in [4.78, 5) is 26.9. The first-order valence-corrected chi connectivity index (χ1v) is 10.9. The highest BCUT2D eigenvalue weighted by Gasteiger charge is 2.20. The lowest BCUT2D eigenvalue weighted by molar-refractivity contribution is -0.128. The maximum Gasteiger partial charge on any atom is 0.222 e. The molecule has 0 saturated carbocycles. The van der Waals surface area contributed by atoms with Gasteiger partial charge in [-0.2, -0.15) is 0 Å². The molecule has 0 aliphatic heterocycles. The Balaban J connectivity index is 1.70. The molecule has 164 valence electrons. The van der Waals surface area contributed by atoms with Crippen molar-refractivity contribution in [2.45, 2.75) is 32.1 Å². The van der Waals surface area contributed by atoms with E-state index in [0.29, 0.717) is 43.3 Å². The Labute approximate surface area is 187 Å². The number of amides is 1. The molecule has 4 rings (SSSR count). The molecule has 0 aliphatic carbocycles. The van der Waals surface area contributed by atoms with Crippen molar-refractivity contribution in [2.75, 3.05) is 14.1 Å². The Morgan fingerprint density at radius 3 is 2.34 bits per heavy atom. The minimum atomic E-state index is 0.0148. The van der Waals surface area contributed by atoms with E-state index >= 15 is 0 Å². The van der Waals surface area contributed by atoms with Gasteiger partial charge in [0.2, 0.25) is 5.91 Å². The summed E-state index contributed by atoms with van der Waals surface area (Å²) >= 11 is 0. The fourth-order valence-electron chi connectivity index (χ4n) is 4.13. The Hall–Kier alpha value is -3.60. The topological polar surface area (TPSA) is 70.8 Å². The van der Waals surface area contributed by atoms with E-state index in [4.69, 9.17) is 4.42 Å². The molecule has 1 heterocycles. The quantitative estimate of drug-likeness (QED) is 0.375. The van der Waals surface area contributed by atoms with E-state index in [0.717, 1.165) is 27.5 Å². The van der Waals surface area contributed by atoms with Crippen molar-refractivity contribution in [3.05, 3.63) is 77.4 Å². The van der Waals surface area contributed by atoms with Gasteiger partial charge in [0.25, 0.3) is 0 Å². The number of para-hydroxylation sites is 2. The van der Waals surface area contributed by atoms with E-state index in [9.17, 15) is 14.7 Å². The van der Waals surface area contributed by atoms with Gasteiger partial charge in [0, 0.05) is 43.3 Å². The summed E-state index contributed by atoms with van der Waals surface area (Å²) in [7, 11) is 3.44. The highest BCUT2D eigenvalue weighted by molar-refractivity contribution is 6.17. The molecule has 0 saturated heterocycles. The first-order chi connectivity index (χ1) is 15.5. The Bertz CT molecular complexity index is 1290. The van der Waals surface area contributed by atoms with Crippen LogP contribution in [0.2, 0.25) is 0 Å². The number of fused-ring (bicyclic) bond motifs is 3. The molecular weight excluding hydrogens is 402 g/mol. The SMILES string of the molecule is CN(C)C(=O)CCCC(=O)c1c(CCc2ccccc2O)ccc2oc3ccccc3c12. The lowest BCUT2D eigenvalue weighted by Crippen LogP contribution is -2.21. The van der Waals surface area contributed by atoms with Gasteiger partial charge in [0.1, 0.15) is 16.9 Å². The second-order valence-corrected chi connectivity index (χ2v) is 8.26. The number of nitrogens with zero attached hydrogens (tertiary/aromatic N) is 1. The number of aromatic hydroxyl groups is 1. The predicted octanol–water partition coefficient (Wildman–Crippen LogP) is 5.52. The van der Waals surface area contributed by atoms with E-state index < -0.39 is 0 Å². The summed E-state index contributed by atoms with van der Waals surface area (Å²) in [5.41, 5.74) is 3.87. The van der Waals surface area contributed by atoms with Crippen molar-refractivity contribution < 1.29 is 19.1 Å². The zero-order valence-corrected chi connectivity index (χ0v) is 18.4. The van der Waals surface area contributed by atoms with Crippen LogP contribution in [-0.2, 0) is 17.6 Å². The van der Waals surface area contributed by atoms with Gasteiger partial charge >= 0.3 is 0 Å². The van der Waals surface area contributed by atoms with Gasteiger partial charge < -0.3 is 14.4 Å². The average Bonchev–Trinajstić information content (AvgIpc) is 3.16. The largest absolute Gasteiger partial charge is 0.508 e. The van der Waals surface area contributed by atoms with E-state index in [1.807, 2.05) is 48.5 Å². The number of hydrogen-bond acceptors (Lipinski definition) is 4. The van der Waals surface area contributed by atoms with Crippen LogP contribution in [0.5, 0.6) is 5.75 Å². The Morgan fingerprint density at radius 1 is 0.844 bits per heavy atom. The van der Waals surface area contributed by atoms with Gasteiger partial charge in [-0.3, -0.25) is 9.59 Å². The van der Waals surface area contributed by atoms with Gasteiger partial charge in [-0.15, -0.1) is 0 Å². The second kappa shape index (κ2) is 9.27. The number of rotatable bonds is 8. The molecule has 0 fully saturated rings. The van der Waals surface area contributed by atoms with Gasteiger partial charge in [-0.1, -0.05) is 42.5 Å². The molecule has 4 aromatic rings. The number of ketones is 1. The lowest BCUT2D eigenvalue weighted by atomic mass is 9.91. The third kappa shape index (κ3) is 4.37. The van der Waals surface area contributed by atoms with Gasteiger partial charge in [0.15, 0.2) is 5.78 Å². The highest BCUT2D eigenvalue weighted by atomic mass is 16.3. The van der Waals surface area contributed by atoms with Crippen molar-refractivity contribution in [3.63, 3.8) is 0 Å². The van der Waals surface area contributed by atoms with E-state index in [-0.39, 0.29) is 17.4 Å². The van der Waals surface area contributed by atoms with Crippen molar-refractivity contribution in [1.29, 1.82) is 0 Å². The molecule has 1 aromatic heterocycles. The average molecular weight is 430 g/mol. The molecule has 5 nitrogen and oxygen atoms in total. The van der Waals surface area contributed by atoms with Crippen LogP contribution in [-0.4, -0.2) is 35.8 Å². The number of furan rings is 1. The summed E-state index contributed by atoms with van der Waals surface area (Å²) in [6.45, 7) is 0. The van der Waals surface area contributed by atoms with Crippen molar-refractivity contribution >= 4 is 33.6 Å². The molecule has 0 bridgehead atoms. The molecule has 0 atom stereocenters. The monoisotopic (exact) mass is 429 g/mol. The van der Waals surface area contributed by atoms with Gasteiger partial charge in [-0.25, -0.2) is 0 Å². The molecule has 5 heteroatoms. The summed E-state index contributed by atoms with van der Waals surface area (Å²) in [5.74, 6) is 0.294. The van der Waals surface area contributed by atoms with Crippen LogP contribution in [0.4, 0.5) is 0 Å². The number of benzene rings is 3. The standard InChI is InChI=1S/C27H27NO4/c1-28(2)25(31)13-7-11-22(30)26-19(15-14-18-8-3-5-10-21(18)29)16-17-24-27(26)20-9-4-6-12-23(20)32-24/h3-6,8-10,12,16-17,29H,7,11,13-15H2,1-2H3. The number of aryl methyl sites for hydroxylation is 2. The molecule has 1 amide bonds. The van der Waals surface area contributed by atoms with E-state index in [1.165, 1.54) is 0 Å². The number of carbonyl (C=O) groups is 2. The summed E-state index contributed by atoms with van der Waals surface area (Å²) in [6, 6.07) is 18.9. The first kappa shape index (κ1) is 21.6. The lowest BCUT2D eigenvalue weighted by Gasteiger charge is -2.12. The fraction of sp³-hybridized carbons (Fsp3) is 0.259. The third-order valence-electron chi connectivity index (χ3n) is 5.86. The zero-order valence-electron chi connectivity index (χ0n) is 18.4. The zero-order chi connectivity index (χ0) is 22.7. The van der Waals surface area contributed by atoms with Crippen LogP contribution in [0.1, 0.15) is 40.7 Å². The maximum atomic E-state index is 13.4. The summed E-state index contributed by atoms with van der Waals surface area (Å²) in [6.07, 6.45) is 2.37. The molecule has 0 unspecified atom stereocenters. The second-order valence-electron chi connectivity index (χ2n) is 8.26. The van der Waals surface area contributed by atoms with Crippen LogP contribution < -0.4 is 0 Å².